The molecule has 3 rings (SSSR count). The fourth-order valence-corrected chi connectivity index (χ4v) is 2.34. The van der Waals surface area contributed by atoms with E-state index in [0.717, 1.165) is 17.1 Å². The number of nitrogens with zero attached hydrogens (tertiary/aromatic N) is 2. The average Bonchev–Trinajstić information content (AvgIpc) is 2.94. The van der Waals surface area contributed by atoms with Gasteiger partial charge in [-0.15, -0.1) is 11.3 Å². The highest BCUT2D eigenvalue weighted by Crippen LogP contribution is 2.24. The lowest BCUT2D eigenvalue weighted by atomic mass is 10.2. The molecule has 0 aliphatic rings. The zero-order valence-corrected chi connectivity index (χ0v) is 9.89. The minimum Gasteiger partial charge on any atom is -0.237 e. The van der Waals surface area contributed by atoms with Gasteiger partial charge in [0.1, 0.15) is 0 Å². The first-order chi connectivity index (χ1) is 8.43. The van der Waals surface area contributed by atoms with Gasteiger partial charge in [-0.05, 0) is 17.5 Å². The third kappa shape index (κ3) is 2.10. The molecule has 0 atom stereocenters. The van der Waals surface area contributed by atoms with Crippen LogP contribution in [0.2, 0.25) is 0 Å². The minimum absolute atomic E-state index is 0.775. The molecule has 2 nitrogen and oxygen atoms in total. The Kier molecular flexibility index (Phi) is 2.68. The summed E-state index contributed by atoms with van der Waals surface area (Å²) in [7, 11) is 0. The van der Waals surface area contributed by atoms with E-state index in [0.29, 0.717) is 0 Å². The van der Waals surface area contributed by atoms with Crippen LogP contribution in [0, 0.1) is 0 Å². The molecule has 0 unspecified atom stereocenters. The van der Waals surface area contributed by atoms with Crippen LogP contribution in [0.15, 0.2) is 60.1 Å². The van der Waals surface area contributed by atoms with E-state index in [1.807, 2.05) is 48.7 Å². The molecule has 0 aliphatic carbocycles. The molecule has 0 saturated carbocycles. The summed E-state index contributed by atoms with van der Waals surface area (Å²) in [5.74, 6) is 0.775. The van der Waals surface area contributed by atoms with Crippen LogP contribution in [-0.2, 0) is 0 Å². The van der Waals surface area contributed by atoms with Crippen molar-refractivity contribution in [3.8, 4) is 22.0 Å². The van der Waals surface area contributed by atoms with Crippen molar-refractivity contribution < 1.29 is 0 Å². The summed E-state index contributed by atoms with van der Waals surface area (Å²) < 4.78 is 0. The molecular weight excluding hydrogens is 228 g/mol. The van der Waals surface area contributed by atoms with Crippen LogP contribution in [0.1, 0.15) is 0 Å². The highest BCUT2D eigenvalue weighted by atomic mass is 32.1. The van der Waals surface area contributed by atoms with Crippen molar-refractivity contribution in [1.82, 2.24) is 9.97 Å². The largest absolute Gasteiger partial charge is 0.237 e. The van der Waals surface area contributed by atoms with Crippen molar-refractivity contribution in [3.05, 3.63) is 60.1 Å². The third-order valence-electron chi connectivity index (χ3n) is 2.46. The van der Waals surface area contributed by atoms with E-state index < -0.39 is 0 Å². The Bertz CT molecular complexity index is 603. The van der Waals surface area contributed by atoms with Gasteiger partial charge in [-0.3, -0.25) is 0 Å². The van der Waals surface area contributed by atoms with Crippen molar-refractivity contribution in [2.24, 2.45) is 0 Å². The smallest absolute Gasteiger partial charge is 0.159 e. The molecule has 1 aromatic carbocycles. The van der Waals surface area contributed by atoms with Crippen LogP contribution in [0.5, 0.6) is 0 Å². The summed E-state index contributed by atoms with van der Waals surface area (Å²) in [6.45, 7) is 0. The second-order valence-corrected chi connectivity index (χ2v) is 4.56. The summed E-state index contributed by atoms with van der Waals surface area (Å²) in [5.41, 5.74) is 2.03. The second kappa shape index (κ2) is 4.47. The van der Waals surface area contributed by atoms with Gasteiger partial charge in [-0.1, -0.05) is 36.4 Å². The average molecular weight is 238 g/mol. The van der Waals surface area contributed by atoms with Gasteiger partial charge in [0.2, 0.25) is 0 Å². The van der Waals surface area contributed by atoms with E-state index in [4.69, 9.17) is 0 Å². The van der Waals surface area contributed by atoms with Gasteiger partial charge in [0.05, 0.1) is 10.6 Å². The van der Waals surface area contributed by atoms with Gasteiger partial charge < -0.3 is 0 Å². The topological polar surface area (TPSA) is 25.8 Å². The fraction of sp³-hybridized carbons (Fsp3) is 0. The zero-order valence-electron chi connectivity index (χ0n) is 9.08. The van der Waals surface area contributed by atoms with Crippen molar-refractivity contribution in [1.29, 1.82) is 0 Å². The summed E-state index contributed by atoms with van der Waals surface area (Å²) >= 11 is 1.69. The molecule has 3 heteroatoms. The lowest BCUT2D eigenvalue weighted by molar-refractivity contribution is 1.18. The summed E-state index contributed by atoms with van der Waals surface area (Å²) in [6, 6.07) is 16.1. The summed E-state index contributed by atoms with van der Waals surface area (Å²) in [4.78, 5) is 10.1. The van der Waals surface area contributed by atoms with Crippen molar-refractivity contribution in [2.75, 3.05) is 0 Å². The maximum Gasteiger partial charge on any atom is 0.159 e. The highest BCUT2D eigenvalue weighted by molar-refractivity contribution is 7.13. The molecule has 3 aromatic rings. The van der Waals surface area contributed by atoms with Gasteiger partial charge in [0.25, 0.3) is 0 Å². The second-order valence-electron chi connectivity index (χ2n) is 3.61. The maximum atomic E-state index is 4.58. The molecule has 0 bridgehead atoms. The molecule has 0 saturated heterocycles. The number of benzene rings is 1. The van der Waals surface area contributed by atoms with Crippen LogP contribution in [0.3, 0.4) is 0 Å². The molecular formula is C14H10N2S. The highest BCUT2D eigenvalue weighted by Gasteiger charge is 2.04. The monoisotopic (exact) mass is 238 g/mol. The van der Waals surface area contributed by atoms with Gasteiger partial charge >= 0.3 is 0 Å². The summed E-state index contributed by atoms with van der Waals surface area (Å²) in [5, 5.41) is 2.06. The van der Waals surface area contributed by atoms with Crippen LogP contribution < -0.4 is 0 Å². The van der Waals surface area contributed by atoms with E-state index in [1.165, 1.54) is 4.88 Å². The van der Waals surface area contributed by atoms with Crippen LogP contribution in [0.25, 0.3) is 22.0 Å². The number of thiophene rings is 1. The standard InChI is InChI=1S/C14H10N2S/c1-2-5-11(6-3-1)14-15-9-8-12(16-14)13-7-4-10-17-13/h1-10H. The Morgan fingerprint density at radius 2 is 1.76 bits per heavy atom. The molecule has 0 aliphatic heterocycles. The van der Waals surface area contributed by atoms with Gasteiger partial charge in [-0.25, -0.2) is 9.97 Å². The van der Waals surface area contributed by atoms with E-state index in [1.54, 1.807) is 11.3 Å². The Morgan fingerprint density at radius 1 is 0.882 bits per heavy atom. The SMILES string of the molecule is c1ccc(-c2nccc(-c3cccs3)n2)cc1. The molecule has 2 aromatic heterocycles. The first-order valence-corrected chi connectivity index (χ1v) is 6.24. The van der Waals surface area contributed by atoms with E-state index >= 15 is 0 Å². The Balaban J connectivity index is 2.06. The molecule has 0 radical (unpaired) electrons. The van der Waals surface area contributed by atoms with E-state index in [-0.39, 0.29) is 0 Å². The van der Waals surface area contributed by atoms with E-state index in [2.05, 4.69) is 21.4 Å². The van der Waals surface area contributed by atoms with Crippen LogP contribution in [-0.4, -0.2) is 9.97 Å². The lowest BCUT2D eigenvalue weighted by Gasteiger charge is -2.01. The number of hydrogen-bond donors (Lipinski definition) is 0. The van der Waals surface area contributed by atoms with Gasteiger partial charge in [0, 0.05) is 11.8 Å². The molecule has 0 spiro atoms. The predicted molar refractivity (Wildman–Crippen MR) is 70.8 cm³/mol. The van der Waals surface area contributed by atoms with Crippen molar-refractivity contribution in [3.63, 3.8) is 0 Å². The Hall–Kier alpha value is -2.00. The molecule has 17 heavy (non-hydrogen) atoms. The van der Waals surface area contributed by atoms with Crippen LogP contribution in [0.4, 0.5) is 0 Å². The first-order valence-electron chi connectivity index (χ1n) is 5.36. The van der Waals surface area contributed by atoms with Gasteiger partial charge in [-0.2, -0.15) is 0 Å². The lowest BCUT2D eigenvalue weighted by Crippen LogP contribution is -1.89. The molecule has 0 fully saturated rings. The number of hydrogen-bond acceptors (Lipinski definition) is 3. The molecule has 0 N–H and O–H groups in total. The normalized spacial score (nSPS) is 10.4. The number of aromatic nitrogens is 2. The van der Waals surface area contributed by atoms with Crippen molar-refractivity contribution in [2.45, 2.75) is 0 Å². The molecule has 82 valence electrons. The minimum atomic E-state index is 0.775. The molecule has 0 amide bonds. The maximum absolute atomic E-state index is 4.58. The van der Waals surface area contributed by atoms with Gasteiger partial charge in [0.15, 0.2) is 5.82 Å². The third-order valence-corrected chi connectivity index (χ3v) is 3.35. The quantitative estimate of drug-likeness (QED) is 0.677. The fourth-order valence-electron chi connectivity index (χ4n) is 1.65. The Labute approximate surface area is 104 Å². The first kappa shape index (κ1) is 10.2. The van der Waals surface area contributed by atoms with Crippen molar-refractivity contribution >= 4 is 11.3 Å². The predicted octanol–water partition coefficient (Wildman–Crippen LogP) is 3.87. The zero-order chi connectivity index (χ0) is 11.5. The number of rotatable bonds is 2. The van der Waals surface area contributed by atoms with Crippen LogP contribution >= 0.6 is 11.3 Å². The molecule has 2 heterocycles. The Morgan fingerprint density at radius 3 is 2.53 bits per heavy atom. The summed E-state index contributed by atoms with van der Waals surface area (Å²) in [6.07, 6.45) is 1.81. The van der Waals surface area contributed by atoms with E-state index in [9.17, 15) is 0 Å².